The predicted molar refractivity (Wildman–Crippen MR) is 135 cm³/mol. The summed E-state index contributed by atoms with van der Waals surface area (Å²) in [5.41, 5.74) is 6.30. The number of nitrogens with zero attached hydrogens (tertiary/aromatic N) is 3. The third-order valence-corrected chi connectivity index (χ3v) is 6.72. The molecule has 1 aliphatic heterocycles. The standard InChI is InChI=1S/C27H26N6O/c1-33-11-9-21(10-12-33)29-27(34)25-22-14-18(7-8-23(22)31-32-25)20-13-19-15-24(30-26(19)28-16-20)17-5-3-2-4-6-17/h2-8,13-16,21H,9-12H2,1H3,(H,28,30)(H,29,34)(H,31,32). The van der Waals surface area contributed by atoms with E-state index in [0.717, 1.165) is 70.3 Å². The van der Waals surface area contributed by atoms with Crippen LogP contribution in [0.1, 0.15) is 23.3 Å². The van der Waals surface area contributed by atoms with E-state index in [1.54, 1.807) is 0 Å². The monoisotopic (exact) mass is 450 g/mol. The number of rotatable bonds is 4. The summed E-state index contributed by atoms with van der Waals surface area (Å²) in [5, 5.41) is 12.4. The fourth-order valence-corrected chi connectivity index (χ4v) is 4.72. The van der Waals surface area contributed by atoms with Crippen LogP contribution in [0.5, 0.6) is 0 Å². The van der Waals surface area contributed by atoms with Gasteiger partial charge < -0.3 is 15.2 Å². The number of fused-ring (bicyclic) bond motifs is 2. The molecule has 170 valence electrons. The van der Waals surface area contributed by atoms with Crippen LogP contribution in [0.3, 0.4) is 0 Å². The Balaban J connectivity index is 1.30. The zero-order valence-corrected chi connectivity index (χ0v) is 19.0. The van der Waals surface area contributed by atoms with Gasteiger partial charge in [-0.25, -0.2) is 4.98 Å². The van der Waals surface area contributed by atoms with Crippen molar-refractivity contribution in [2.75, 3.05) is 20.1 Å². The van der Waals surface area contributed by atoms with E-state index in [4.69, 9.17) is 0 Å². The quantitative estimate of drug-likeness (QED) is 0.373. The molecular formula is C27H26N6O. The van der Waals surface area contributed by atoms with Gasteiger partial charge in [0.25, 0.3) is 5.91 Å². The van der Waals surface area contributed by atoms with Crippen molar-refractivity contribution < 1.29 is 4.79 Å². The number of hydrogen-bond donors (Lipinski definition) is 3. The molecule has 0 unspecified atom stereocenters. The van der Waals surface area contributed by atoms with Crippen LogP contribution in [0.25, 0.3) is 44.3 Å². The summed E-state index contributed by atoms with van der Waals surface area (Å²) >= 11 is 0. The summed E-state index contributed by atoms with van der Waals surface area (Å²) < 4.78 is 0. The molecule has 0 aliphatic carbocycles. The maximum absolute atomic E-state index is 13.0. The molecule has 34 heavy (non-hydrogen) atoms. The summed E-state index contributed by atoms with van der Waals surface area (Å²) in [7, 11) is 2.11. The first-order valence-corrected chi connectivity index (χ1v) is 11.7. The van der Waals surface area contributed by atoms with Gasteiger partial charge >= 0.3 is 0 Å². The molecule has 0 saturated carbocycles. The lowest BCUT2D eigenvalue weighted by atomic mass is 10.0. The highest BCUT2D eigenvalue weighted by Crippen LogP contribution is 2.29. The number of carbonyl (C=O) groups excluding carboxylic acids is 1. The molecule has 0 radical (unpaired) electrons. The van der Waals surface area contributed by atoms with Gasteiger partial charge in [0.05, 0.1) is 5.52 Å². The van der Waals surface area contributed by atoms with Gasteiger partial charge in [-0.3, -0.25) is 9.89 Å². The van der Waals surface area contributed by atoms with Gasteiger partial charge in [0.1, 0.15) is 5.65 Å². The zero-order valence-electron chi connectivity index (χ0n) is 19.0. The number of nitrogens with one attached hydrogen (secondary N) is 3. The van der Waals surface area contributed by atoms with Crippen molar-refractivity contribution in [1.29, 1.82) is 0 Å². The van der Waals surface area contributed by atoms with Crippen molar-refractivity contribution in [3.05, 3.63) is 72.6 Å². The number of aromatic amines is 2. The Bertz CT molecular complexity index is 1480. The highest BCUT2D eigenvalue weighted by molar-refractivity contribution is 6.06. The van der Waals surface area contributed by atoms with Crippen molar-refractivity contribution in [3.8, 4) is 22.4 Å². The number of aromatic nitrogens is 4. The Morgan fingerprint density at radius 3 is 2.65 bits per heavy atom. The number of H-pyrrole nitrogens is 2. The topological polar surface area (TPSA) is 89.7 Å². The molecule has 1 saturated heterocycles. The lowest BCUT2D eigenvalue weighted by Crippen LogP contribution is -2.43. The summed E-state index contributed by atoms with van der Waals surface area (Å²) in [4.78, 5) is 23.3. The normalized spacial score (nSPS) is 15.2. The molecule has 7 nitrogen and oxygen atoms in total. The van der Waals surface area contributed by atoms with Gasteiger partial charge in [0, 0.05) is 34.3 Å². The van der Waals surface area contributed by atoms with Crippen molar-refractivity contribution in [3.63, 3.8) is 0 Å². The lowest BCUT2D eigenvalue weighted by Gasteiger charge is -2.29. The minimum atomic E-state index is -0.121. The summed E-state index contributed by atoms with van der Waals surface area (Å²) in [6.07, 6.45) is 3.79. The third-order valence-electron chi connectivity index (χ3n) is 6.72. The van der Waals surface area contributed by atoms with E-state index >= 15 is 0 Å². The van der Waals surface area contributed by atoms with Crippen molar-refractivity contribution >= 4 is 27.8 Å². The van der Waals surface area contributed by atoms with E-state index in [1.165, 1.54) is 0 Å². The molecule has 0 spiro atoms. The SMILES string of the molecule is CN1CCC(NC(=O)c2n[nH]c3ccc(-c4cnc5[nH]c(-c6ccccc6)cc5c4)cc23)CC1. The largest absolute Gasteiger partial charge is 0.348 e. The maximum atomic E-state index is 13.0. The molecule has 3 N–H and O–H groups in total. The number of amides is 1. The van der Waals surface area contributed by atoms with E-state index in [0.29, 0.717) is 5.69 Å². The molecule has 1 aliphatic rings. The summed E-state index contributed by atoms with van der Waals surface area (Å²) in [6, 6.07) is 20.7. The Hall–Kier alpha value is -3.97. The van der Waals surface area contributed by atoms with Crippen LogP contribution in [0.2, 0.25) is 0 Å². The predicted octanol–water partition coefficient (Wildman–Crippen LogP) is 4.60. The molecule has 7 heteroatoms. The number of benzene rings is 2. The first-order chi connectivity index (χ1) is 16.6. The highest BCUT2D eigenvalue weighted by atomic mass is 16.2. The molecule has 1 fully saturated rings. The zero-order chi connectivity index (χ0) is 23.1. The molecule has 4 heterocycles. The van der Waals surface area contributed by atoms with Gasteiger partial charge in [0.2, 0.25) is 0 Å². The summed E-state index contributed by atoms with van der Waals surface area (Å²) in [5.74, 6) is -0.121. The minimum absolute atomic E-state index is 0.121. The molecule has 0 atom stereocenters. The fraction of sp³-hybridized carbons (Fsp3) is 0.222. The van der Waals surface area contributed by atoms with Gasteiger partial charge in [0.15, 0.2) is 5.69 Å². The smallest absolute Gasteiger partial charge is 0.272 e. The average molecular weight is 451 g/mol. The van der Waals surface area contributed by atoms with E-state index in [1.807, 2.05) is 42.6 Å². The van der Waals surface area contributed by atoms with Crippen LogP contribution in [-0.2, 0) is 0 Å². The number of piperidine rings is 1. The molecule has 6 rings (SSSR count). The maximum Gasteiger partial charge on any atom is 0.272 e. The van der Waals surface area contributed by atoms with Gasteiger partial charge in [-0.1, -0.05) is 36.4 Å². The van der Waals surface area contributed by atoms with Crippen LogP contribution >= 0.6 is 0 Å². The Labute approximate surface area is 197 Å². The summed E-state index contributed by atoms with van der Waals surface area (Å²) in [6.45, 7) is 1.99. The molecule has 5 aromatic rings. The first kappa shape index (κ1) is 20.6. The van der Waals surface area contributed by atoms with Gasteiger partial charge in [-0.15, -0.1) is 0 Å². The van der Waals surface area contributed by atoms with Crippen molar-refractivity contribution in [2.45, 2.75) is 18.9 Å². The Morgan fingerprint density at radius 2 is 1.82 bits per heavy atom. The third kappa shape index (κ3) is 3.84. The second-order valence-electron chi connectivity index (χ2n) is 9.09. The molecular weight excluding hydrogens is 424 g/mol. The van der Waals surface area contributed by atoms with Crippen LogP contribution < -0.4 is 5.32 Å². The molecule has 2 aromatic carbocycles. The minimum Gasteiger partial charge on any atom is -0.348 e. The lowest BCUT2D eigenvalue weighted by molar-refractivity contribution is 0.0913. The highest BCUT2D eigenvalue weighted by Gasteiger charge is 2.22. The number of pyridine rings is 1. The Kier molecular flexibility index (Phi) is 5.11. The van der Waals surface area contributed by atoms with E-state index in [9.17, 15) is 4.79 Å². The van der Waals surface area contributed by atoms with Crippen molar-refractivity contribution in [1.82, 2.24) is 30.4 Å². The van der Waals surface area contributed by atoms with Gasteiger partial charge in [-0.05, 0) is 68.4 Å². The second-order valence-corrected chi connectivity index (χ2v) is 9.09. The fourth-order valence-electron chi connectivity index (χ4n) is 4.72. The first-order valence-electron chi connectivity index (χ1n) is 11.7. The average Bonchev–Trinajstić information content (AvgIpc) is 3.49. The second kappa shape index (κ2) is 8.43. The number of likely N-dealkylation sites (tertiary alicyclic amines) is 1. The Morgan fingerprint density at radius 1 is 1.00 bits per heavy atom. The van der Waals surface area contributed by atoms with E-state index < -0.39 is 0 Å². The van der Waals surface area contributed by atoms with Crippen molar-refractivity contribution in [2.24, 2.45) is 0 Å². The molecule has 0 bridgehead atoms. The van der Waals surface area contributed by atoms with E-state index in [-0.39, 0.29) is 11.9 Å². The van der Waals surface area contributed by atoms with Crippen LogP contribution in [0.15, 0.2) is 66.9 Å². The molecule has 3 aromatic heterocycles. The molecule has 1 amide bonds. The number of hydrogen-bond acceptors (Lipinski definition) is 4. The van der Waals surface area contributed by atoms with Crippen LogP contribution in [-0.4, -0.2) is 57.2 Å². The van der Waals surface area contributed by atoms with Gasteiger partial charge in [-0.2, -0.15) is 5.10 Å². The number of carbonyl (C=O) groups is 1. The van der Waals surface area contributed by atoms with Crippen LogP contribution in [0.4, 0.5) is 0 Å². The van der Waals surface area contributed by atoms with Crippen LogP contribution in [0, 0.1) is 0 Å². The van der Waals surface area contributed by atoms with E-state index in [2.05, 4.69) is 61.7 Å².